The molecule has 0 aliphatic carbocycles. The predicted molar refractivity (Wildman–Crippen MR) is 67.2 cm³/mol. The second kappa shape index (κ2) is 5.19. The van der Waals surface area contributed by atoms with Crippen molar-refractivity contribution in [2.45, 2.75) is 19.8 Å². The van der Waals surface area contributed by atoms with Crippen LogP contribution in [0.25, 0.3) is 0 Å². The first kappa shape index (κ1) is 13.8. The Labute approximate surface area is 112 Å². The van der Waals surface area contributed by atoms with Crippen LogP contribution in [0.5, 0.6) is 0 Å². The van der Waals surface area contributed by atoms with Crippen molar-refractivity contribution in [3.63, 3.8) is 0 Å². The van der Waals surface area contributed by atoms with Crippen LogP contribution in [0.1, 0.15) is 19.8 Å². The number of likely N-dealkylation sites (tertiary alicyclic amines) is 2. The second-order valence-electron chi connectivity index (χ2n) is 5.67. The summed E-state index contributed by atoms with van der Waals surface area (Å²) >= 11 is 0. The van der Waals surface area contributed by atoms with Crippen LogP contribution in [0.15, 0.2) is 0 Å². The highest BCUT2D eigenvalue weighted by atomic mass is 16.4. The Hall–Kier alpha value is -1.59. The van der Waals surface area contributed by atoms with E-state index in [-0.39, 0.29) is 36.6 Å². The van der Waals surface area contributed by atoms with Crippen LogP contribution in [0, 0.1) is 17.8 Å². The van der Waals surface area contributed by atoms with Crippen molar-refractivity contribution in [1.29, 1.82) is 0 Å². The maximum Gasteiger partial charge on any atom is 0.308 e. The maximum atomic E-state index is 12.3. The first-order chi connectivity index (χ1) is 8.90. The molecule has 0 radical (unpaired) electrons. The van der Waals surface area contributed by atoms with Gasteiger partial charge in [-0.2, -0.15) is 0 Å². The molecule has 1 unspecified atom stereocenters. The zero-order valence-electron chi connectivity index (χ0n) is 11.3. The number of carbonyl (C=O) groups is 3. The molecule has 2 amide bonds. The van der Waals surface area contributed by atoms with Gasteiger partial charge < -0.3 is 14.9 Å². The third kappa shape index (κ3) is 2.72. The lowest BCUT2D eigenvalue weighted by Crippen LogP contribution is -2.43. The van der Waals surface area contributed by atoms with Crippen LogP contribution in [0.2, 0.25) is 0 Å². The van der Waals surface area contributed by atoms with E-state index in [0.29, 0.717) is 19.5 Å². The second-order valence-corrected chi connectivity index (χ2v) is 5.67. The fraction of sp³-hybridized carbons (Fsp3) is 0.769. The van der Waals surface area contributed by atoms with Gasteiger partial charge in [-0.05, 0) is 12.3 Å². The topological polar surface area (TPSA) is 77.9 Å². The van der Waals surface area contributed by atoms with Crippen molar-refractivity contribution in [3.8, 4) is 0 Å². The van der Waals surface area contributed by atoms with Crippen LogP contribution < -0.4 is 0 Å². The van der Waals surface area contributed by atoms with Gasteiger partial charge in [-0.25, -0.2) is 0 Å². The predicted octanol–water partition coefficient (Wildman–Crippen LogP) is 0.0339. The molecule has 2 aliphatic heterocycles. The molecule has 2 heterocycles. The lowest BCUT2D eigenvalue weighted by Gasteiger charge is -2.30. The minimum Gasteiger partial charge on any atom is -0.481 e. The molecular formula is C13H20N2O4. The molecule has 0 aromatic rings. The van der Waals surface area contributed by atoms with E-state index < -0.39 is 11.9 Å². The highest BCUT2D eigenvalue weighted by Crippen LogP contribution is 2.27. The molecule has 3 atom stereocenters. The van der Waals surface area contributed by atoms with Crippen LogP contribution in [0.3, 0.4) is 0 Å². The third-order valence-electron chi connectivity index (χ3n) is 4.25. The molecule has 2 aliphatic rings. The summed E-state index contributed by atoms with van der Waals surface area (Å²) in [6, 6.07) is 0. The Morgan fingerprint density at radius 2 is 2.00 bits per heavy atom. The summed E-state index contributed by atoms with van der Waals surface area (Å²) < 4.78 is 0. The summed E-state index contributed by atoms with van der Waals surface area (Å²) in [4.78, 5) is 38.3. The molecule has 0 aromatic carbocycles. The van der Waals surface area contributed by atoms with Crippen LogP contribution in [0.4, 0.5) is 0 Å². The van der Waals surface area contributed by atoms with Crippen molar-refractivity contribution < 1.29 is 19.5 Å². The zero-order valence-corrected chi connectivity index (χ0v) is 11.3. The normalized spacial score (nSPS) is 31.7. The first-order valence-electron chi connectivity index (χ1n) is 6.65. The van der Waals surface area contributed by atoms with Gasteiger partial charge in [0, 0.05) is 39.0 Å². The average Bonchev–Trinajstić information content (AvgIpc) is 2.74. The van der Waals surface area contributed by atoms with E-state index in [1.807, 2.05) is 6.92 Å². The van der Waals surface area contributed by atoms with E-state index in [0.717, 1.165) is 0 Å². The third-order valence-corrected chi connectivity index (χ3v) is 4.25. The Morgan fingerprint density at radius 1 is 1.32 bits per heavy atom. The number of carboxylic acids is 1. The number of rotatable bonds is 2. The molecule has 2 fully saturated rings. The highest BCUT2D eigenvalue weighted by Gasteiger charge is 2.40. The Bertz CT molecular complexity index is 409. The molecule has 0 spiro atoms. The van der Waals surface area contributed by atoms with E-state index in [4.69, 9.17) is 5.11 Å². The highest BCUT2D eigenvalue weighted by molar-refractivity contribution is 5.87. The van der Waals surface area contributed by atoms with Gasteiger partial charge >= 0.3 is 5.97 Å². The molecule has 19 heavy (non-hydrogen) atoms. The minimum atomic E-state index is -0.845. The summed E-state index contributed by atoms with van der Waals surface area (Å²) in [5.41, 5.74) is 0. The summed E-state index contributed by atoms with van der Waals surface area (Å²) in [5, 5.41) is 9.07. The SMILES string of the molecule is C[C@@H]1CN(C(=O)C2CCN(C)C(=O)C2)C[C@H]1C(=O)O. The van der Waals surface area contributed by atoms with Gasteiger partial charge in [-0.15, -0.1) is 0 Å². The van der Waals surface area contributed by atoms with E-state index >= 15 is 0 Å². The maximum absolute atomic E-state index is 12.3. The van der Waals surface area contributed by atoms with Crippen LogP contribution in [-0.4, -0.2) is 59.4 Å². The van der Waals surface area contributed by atoms with Crippen molar-refractivity contribution >= 4 is 17.8 Å². The molecule has 2 rings (SSSR count). The minimum absolute atomic E-state index is 0.00775. The fourth-order valence-electron chi connectivity index (χ4n) is 2.88. The van der Waals surface area contributed by atoms with E-state index in [1.54, 1.807) is 16.8 Å². The molecule has 1 N–H and O–H groups in total. The van der Waals surface area contributed by atoms with Gasteiger partial charge in [0.15, 0.2) is 0 Å². The van der Waals surface area contributed by atoms with Crippen LogP contribution >= 0.6 is 0 Å². The zero-order chi connectivity index (χ0) is 14.2. The Balaban J connectivity index is 1.98. The van der Waals surface area contributed by atoms with Gasteiger partial charge in [0.25, 0.3) is 0 Å². The molecule has 6 heteroatoms. The van der Waals surface area contributed by atoms with E-state index in [9.17, 15) is 14.4 Å². The van der Waals surface area contributed by atoms with Gasteiger partial charge in [0.2, 0.25) is 11.8 Å². The molecule has 0 bridgehead atoms. The summed E-state index contributed by atoms with van der Waals surface area (Å²) in [6.07, 6.45) is 0.918. The lowest BCUT2D eigenvalue weighted by atomic mass is 9.95. The number of nitrogens with zero attached hydrogens (tertiary/aromatic N) is 2. The van der Waals surface area contributed by atoms with Gasteiger partial charge in [-0.1, -0.05) is 6.92 Å². The van der Waals surface area contributed by atoms with Crippen molar-refractivity contribution in [1.82, 2.24) is 9.80 Å². The quantitative estimate of drug-likeness (QED) is 0.766. The first-order valence-corrected chi connectivity index (χ1v) is 6.65. The Kier molecular flexibility index (Phi) is 3.78. The van der Waals surface area contributed by atoms with Crippen molar-refractivity contribution in [2.75, 3.05) is 26.7 Å². The van der Waals surface area contributed by atoms with Gasteiger partial charge in [0.05, 0.1) is 5.92 Å². The number of carboxylic acid groups (broad SMARTS) is 1. The largest absolute Gasteiger partial charge is 0.481 e. The molecule has 0 saturated carbocycles. The lowest BCUT2D eigenvalue weighted by molar-refractivity contribution is -0.145. The summed E-state index contributed by atoms with van der Waals surface area (Å²) in [7, 11) is 1.74. The van der Waals surface area contributed by atoms with Gasteiger partial charge in [0.1, 0.15) is 0 Å². The molecule has 2 saturated heterocycles. The number of hydrogen-bond donors (Lipinski definition) is 1. The monoisotopic (exact) mass is 268 g/mol. The summed E-state index contributed by atoms with van der Waals surface area (Å²) in [6.45, 7) is 3.21. The summed E-state index contributed by atoms with van der Waals surface area (Å²) in [5.74, 6) is -1.69. The molecule has 0 aromatic heterocycles. The number of piperidine rings is 1. The Morgan fingerprint density at radius 3 is 2.53 bits per heavy atom. The molecule has 106 valence electrons. The van der Waals surface area contributed by atoms with E-state index in [1.165, 1.54) is 0 Å². The van der Waals surface area contributed by atoms with Gasteiger partial charge in [-0.3, -0.25) is 14.4 Å². The number of amides is 2. The number of hydrogen-bond acceptors (Lipinski definition) is 3. The van der Waals surface area contributed by atoms with E-state index in [2.05, 4.69) is 0 Å². The molecular weight excluding hydrogens is 248 g/mol. The smallest absolute Gasteiger partial charge is 0.308 e. The number of carbonyl (C=O) groups excluding carboxylic acids is 2. The fourth-order valence-corrected chi connectivity index (χ4v) is 2.88. The molecule has 6 nitrogen and oxygen atoms in total. The number of aliphatic carboxylic acids is 1. The average molecular weight is 268 g/mol. The van der Waals surface area contributed by atoms with Crippen molar-refractivity contribution in [3.05, 3.63) is 0 Å². The standard InChI is InChI=1S/C13H20N2O4/c1-8-6-15(7-10(8)13(18)19)12(17)9-3-4-14(2)11(16)5-9/h8-10H,3-7H2,1-2H3,(H,18,19)/t8-,9?,10-/m1/s1. The van der Waals surface area contributed by atoms with Crippen molar-refractivity contribution in [2.24, 2.45) is 17.8 Å². The van der Waals surface area contributed by atoms with Crippen LogP contribution in [-0.2, 0) is 14.4 Å².